The standard InChI is InChI=1S/C16H22N6O2S/c1-9-8-10(2)22-14(17-9)20-16(21-22)25-11(3)13(23)19-15(24)18-12-6-4-5-7-12/h8,11-12H,4-7H2,1-3H3,(H2,18,19,23,24). The van der Waals surface area contributed by atoms with Gasteiger partial charge in [-0.3, -0.25) is 10.1 Å². The topological polar surface area (TPSA) is 101 Å². The molecule has 1 unspecified atom stereocenters. The number of nitrogens with zero attached hydrogens (tertiary/aromatic N) is 4. The van der Waals surface area contributed by atoms with Crippen molar-refractivity contribution in [1.82, 2.24) is 30.2 Å². The van der Waals surface area contributed by atoms with E-state index in [2.05, 4.69) is 25.7 Å². The molecular formula is C16H22N6O2S. The summed E-state index contributed by atoms with van der Waals surface area (Å²) in [4.78, 5) is 32.8. The number of thioether (sulfide) groups is 1. The first-order valence-corrected chi connectivity index (χ1v) is 9.29. The van der Waals surface area contributed by atoms with E-state index < -0.39 is 11.3 Å². The van der Waals surface area contributed by atoms with Gasteiger partial charge in [-0.1, -0.05) is 24.6 Å². The summed E-state index contributed by atoms with van der Waals surface area (Å²) in [6.07, 6.45) is 4.20. The Bertz CT molecular complexity index is 799. The van der Waals surface area contributed by atoms with Crippen LogP contribution in [-0.4, -0.2) is 42.8 Å². The third-order valence-corrected chi connectivity index (χ3v) is 5.13. The highest BCUT2D eigenvalue weighted by Crippen LogP contribution is 2.21. The van der Waals surface area contributed by atoms with Gasteiger partial charge in [-0.05, 0) is 39.7 Å². The molecule has 3 amide bonds. The van der Waals surface area contributed by atoms with Crippen molar-refractivity contribution in [3.05, 3.63) is 17.5 Å². The molecule has 1 aliphatic rings. The second kappa shape index (κ2) is 7.38. The summed E-state index contributed by atoms with van der Waals surface area (Å²) in [7, 11) is 0. The largest absolute Gasteiger partial charge is 0.335 e. The van der Waals surface area contributed by atoms with Crippen molar-refractivity contribution < 1.29 is 9.59 Å². The van der Waals surface area contributed by atoms with Gasteiger partial charge in [0, 0.05) is 17.4 Å². The van der Waals surface area contributed by atoms with Crippen LogP contribution in [0.4, 0.5) is 4.79 Å². The molecule has 2 N–H and O–H groups in total. The molecular weight excluding hydrogens is 340 g/mol. The predicted molar refractivity (Wildman–Crippen MR) is 94.5 cm³/mol. The molecule has 1 atom stereocenters. The minimum absolute atomic E-state index is 0.174. The summed E-state index contributed by atoms with van der Waals surface area (Å²) in [6.45, 7) is 5.54. The van der Waals surface area contributed by atoms with E-state index in [0.717, 1.165) is 37.1 Å². The average molecular weight is 362 g/mol. The van der Waals surface area contributed by atoms with Gasteiger partial charge in [0.1, 0.15) is 0 Å². The Kier molecular flexibility index (Phi) is 5.22. The van der Waals surface area contributed by atoms with Crippen molar-refractivity contribution >= 4 is 29.5 Å². The zero-order chi connectivity index (χ0) is 18.0. The fourth-order valence-corrected chi connectivity index (χ4v) is 3.66. The van der Waals surface area contributed by atoms with E-state index >= 15 is 0 Å². The molecule has 0 spiro atoms. The van der Waals surface area contributed by atoms with Crippen LogP contribution in [0.15, 0.2) is 11.2 Å². The van der Waals surface area contributed by atoms with Crippen molar-refractivity contribution in [2.45, 2.75) is 62.9 Å². The van der Waals surface area contributed by atoms with Crippen LogP contribution in [0.25, 0.3) is 5.78 Å². The summed E-state index contributed by atoms with van der Waals surface area (Å²) in [5.41, 5.74) is 1.79. The summed E-state index contributed by atoms with van der Waals surface area (Å²) in [5, 5.41) is 9.56. The van der Waals surface area contributed by atoms with Gasteiger partial charge < -0.3 is 5.32 Å². The van der Waals surface area contributed by atoms with Gasteiger partial charge in [0.05, 0.1) is 5.25 Å². The molecule has 0 aliphatic heterocycles. The molecule has 0 saturated heterocycles. The number of aromatic nitrogens is 4. The van der Waals surface area contributed by atoms with Crippen LogP contribution < -0.4 is 10.6 Å². The first-order chi connectivity index (χ1) is 11.9. The van der Waals surface area contributed by atoms with Crippen LogP contribution >= 0.6 is 11.8 Å². The molecule has 1 aliphatic carbocycles. The van der Waals surface area contributed by atoms with Crippen LogP contribution in [-0.2, 0) is 4.79 Å². The van der Waals surface area contributed by atoms with E-state index in [4.69, 9.17) is 0 Å². The minimum atomic E-state index is -0.492. The summed E-state index contributed by atoms with van der Waals surface area (Å²) in [6, 6.07) is 1.66. The van der Waals surface area contributed by atoms with E-state index in [1.807, 2.05) is 19.9 Å². The Morgan fingerprint density at radius 2 is 2.00 bits per heavy atom. The number of fused-ring (bicyclic) bond motifs is 1. The van der Waals surface area contributed by atoms with E-state index in [-0.39, 0.29) is 11.9 Å². The first kappa shape index (κ1) is 17.7. The maximum Gasteiger partial charge on any atom is 0.321 e. The Labute approximate surface area is 150 Å². The normalized spacial score (nSPS) is 16.1. The van der Waals surface area contributed by atoms with Crippen molar-refractivity contribution in [1.29, 1.82) is 0 Å². The lowest BCUT2D eigenvalue weighted by molar-refractivity contribution is -0.119. The molecule has 0 aromatic carbocycles. The molecule has 134 valence electrons. The lowest BCUT2D eigenvalue weighted by Gasteiger charge is -2.14. The Morgan fingerprint density at radius 1 is 1.28 bits per heavy atom. The SMILES string of the molecule is Cc1cc(C)n2nc(SC(C)C(=O)NC(=O)NC3CCCC3)nc2n1. The number of hydrogen-bond acceptors (Lipinski definition) is 6. The number of nitrogens with one attached hydrogen (secondary N) is 2. The third-order valence-electron chi connectivity index (χ3n) is 4.18. The zero-order valence-electron chi connectivity index (χ0n) is 14.6. The number of hydrogen-bond donors (Lipinski definition) is 2. The summed E-state index contributed by atoms with van der Waals surface area (Å²) in [5.74, 6) is 0.145. The lowest BCUT2D eigenvalue weighted by atomic mass is 10.2. The summed E-state index contributed by atoms with van der Waals surface area (Å²) >= 11 is 1.20. The van der Waals surface area contributed by atoms with Gasteiger partial charge in [0.25, 0.3) is 5.78 Å². The molecule has 0 radical (unpaired) electrons. The Balaban J connectivity index is 1.59. The molecule has 2 aromatic heterocycles. The molecule has 1 saturated carbocycles. The van der Waals surface area contributed by atoms with E-state index in [1.165, 1.54) is 11.8 Å². The molecule has 2 aromatic rings. The van der Waals surface area contributed by atoms with Gasteiger partial charge in [0.15, 0.2) is 0 Å². The monoisotopic (exact) mass is 362 g/mol. The van der Waals surface area contributed by atoms with Crippen molar-refractivity contribution in [3.8, 4) is 0 Å². The quantitative estimate of drug-likeness (QED) is 0.807. The second-order valence-electron chi connectivity index (χ2n) is 6.35. The van der Waals surface area contributed by atoms with Crippen molar-refractivity contribution in [2.24, 2.45) is 0 Å². The maximum atomic E-state index is 12.2. The van der Waals surface area contributed by atoms with E-state index in [9.17, 15) is 9.59 Å². The number of amides is 3. The van der Waals surface area contributed by atoms with Crippen LogP contribution in [0.2, 0.25) is 0 Å². The fourth-order valence-electron chi connectivity index (χ4n) is 2.91. The highest BCUT2D eigenvalue weighted by atomic mass is 32.2. The van der Waals surface area contributed by atoms with Crippen molar-refractivity contribution in [2.75, 3.05) is 0 Å². The predicted octanol–water partition coefficient (Wildman–Crippen LogP) is 1.99. The van der Waals surface area contributed by atoms with E-state index in [0.29, 0.717) is 10.9 Å². The maximum absolute atomic E-state index is 12.2. The smallest absolute Gasteiger partial charge is 0.321 e. The number of urea groups is 1. The third kappa shape index (κ3) is 4.28. The van der Waals surface area contributed by atoms with Crippen LogP contribution in [0, 0.1) is 13.8 Å². The minimum Gasteiger partial charge on any atom is -0.335 e. The molecule has 2 heterocycles. The average Bonchev–Trinajstić information content (AvgIpc) is 3.16. The van der Waals surface area contributed by atoms with E-state index in [1.54, 1.807) is 11.4 Å². The molecule has 1 fully saturated rings. The molecule has 8 nitrogen and oxygen atoms in total. The molecule has 25 heavy (non-hydrogen) atoms. The van der Waals surface area contributed by atoms with Crippen LogP contribution in [0.1, 0.15) is 44.0 Å². The number of aryl methyl sites for hydroxylation is 2. The lowest BCUT2D eigenvalue weighted by Crippen LogP contribution is -2.45. The number of rotatable bonds is 4. The first-order valence-electron chi connectivity index (χ1n) is 8.41. The highest BCUT2D eigenvalue weighted by molar-refractivity contribution is 8.00. The fraction of sp³-hybridized carbons (Fsp3) is 0.562. The number of imide groups is 1. The van der Waals surface area contributed by atoms with Crippen LogP contribution in [0.3, 0.4) is 0 Å². The summed E-state index contributed by atoms with van der Waals surface area (Å²) < 4.78 is 1.65. The zero-order valence-corrected chi connectivity index (χ0v) is 15.4. The number of carbonyl (C=O) groups excluding carboxylic acids is 2. The van der Waals surface area contributed by atoms with Gasteiger partial charge in [-0.2, -0.15) is 4.98 Å². The van der Waals surface area contributed by atoms with Gasteiger partial charge >= 0.3 is 6.03 Å². The Hall–Kier alpha value is -2.16. The van der Waals surface area contributed by atoms with Crippen molar-refractivity contribution in [3.63, 3.8) is 0 Å². The van der Waals surface area contributed by atoms with Crippen LogP contribution in [0.5, 0.6) is 0 Å². The van der Waals surface area contributed by atoms with Gasteiger partial charge in [-0.25, -0.2) is 14.3 Å². The van der Waals surface area contributed by atoms with Gasteiger partial charge in [0.2, 0.25) is 11.1 Å². The number of carbonyl (C=O) groups is 2. The molecule has 3 rings (SSSR count). The highest BCUT2D eigenvalue weighted by Gasteiger charge is 2.22. The second-order valence-corrected chi connectivity index (χ2v) is 7.66. The molecule has 0 bridgehead atoms. The Morgan fingerprint density at radius 3 is 2.72 bits per heavy atom. The van der Waals surface area contributed by atoms with Gasteiger partial charge in [-0.15, -0.1) is 5.10 Å². The molecule has 9 heteroatoms.